The minimum absolute atomic E-state index is 0.244. The van der Waals surface area contributed by atoms with Crippen LogP contribution in [0.4, 0.5) is 0 Å². The number of hydrogen-bond donors (Lipinski definition) is 1. The number of rotatable bonds is 4. The highest BCUT2D eigenvalue weighted by molar-refractivity contribution is 7.99. The maximum atomic E-state index is 9.54. The second-order valence-electron chi connectivity index (χ2n) is 3.29. The van der Waals surface area contributed by atoms with Gasteiger partial charge >= 0.3 is 0 Å². The van der Waals surface area contributed by atoms with Gasteiger partial charge in [0.05, 0.1) is 11.1 Å². The van der Waals surface area contributed by atoms with Crippen LogP contribution in [-0.4, -0.2) is 21.9 Å². The molecule has 0 aliphatic heterocycles. The van der Waals surface area contributed by atoms with Gasteiger partial charge in [-0.2, -0.15) is 0 Å². The molecule has 1 atom stereocenters. The Hall–Kier alpha value is -0.540. The van der Waals surface area contributed by atoms with Gasteiger partial charge in [-0.05, 0) is 18.1 Å². The Morgan fingerprint density at radius 2 is 2.23 bits per heavy atom. The molecule has 1 aromatic rings. The minimum atomic E-state index is -0.244. The molecule has 0 saturated carbocycles. The molecule has 13 heavy (non-hydrogen) atoms. The molecule has 0 aromatic carbocycles. The molecule has 1 aromatic heterocycles. The van der Waals surface area contributed by atoms with E-state index in [2.05, 4.69) is 4.98 Å². The van der Waals surface area contributed by atoms with E-state index in [1.165, 1.54) is 0 Å². The summed E-state index contributed by atoms with van der Waals surface area (Å²) in [6, 6.07) is 5.80. The molecule has 0 bridgehead atoms. The summed E-state index contributed by atoms with van der Waals surface area (Å²) >= 11 is 1.60. The summed E-state index contributed by atoms with van der Waals surface area (Å²) in [4.78, 5) is 4.16. The number of pyridine rings is 1. The zero-order valence-electron chi connectivity index (χ0n) is 7.97. The fraction of sp³-hybridized carbons (Fsp3) is 0.500. The average Bonchev–Trinajstić information content (AvgIpc) is 2.15. The quantitative estimate of drug-likeness (QED) is 0.751. The van der Waals surface area contributed by atoms with Gasteiger partial charge in [0.15, 0.2) is 0 Å². The van der Waals surface area contributed by atoms with Crippen molar-refractivity contribution in [2.75, 3.05) is 5.75 Å². The number of aliphatic hydroxyl groups excluding tert-OH is 1. The molecule has 0 amide bonds. The predicted octanol–water partition coefficient (Wildman–Crippen LogP) is 2.19. The molecule has 1 unspecified atom stereocenters. The maximum absolute atomic E-state index is 9.54. The molecular formula is C10H15NOS. The van der Waals surface area contributed by atoms with E-state index in [9.17, 15) is 5.11 Å². The van der Waals surface area contributed by atoms with Crippen molar-refractivity contribution in [2.24, 2.45) is 5.92 Å². The van der Waals surface area contributed by atoms with Crippen LogP contribution in [0.3, 0.4) is 0 Å². The maximum Gasteiger partial charge on any atom is 0.0960 e. The Balaban J connectivity index is 2.35. The highest BCUT2D eigenvalue weighted by Gasteiger charge is 2.09. The first-order chi connectivity index (χ1) is 6.20. The number of aliphatic hydroxyl groups is 1. The Kier molecular flexibility index (Phi) is 4.25. The first kappa shape index (κ1) is 10.5. The zero-order chi connectivity index (χ0) is 9.68. The van der Waals surface area contributed by atoms with E-state index in [0.717, 1.165) is 5.03 Å². The van der Waals surface area contributed by atoms with Crippen LogP contribution in [0.25, 0.3) is 0 Å². The van der Waals surface area contributed by atoms with Crippen LogP contribution in [-0.2, 0) is 0 Å². The van der Waals surface area contributed by atoms with Gasteiger partial charge in [-0.15, -0.1) is 11.8 Å². The number of hydrogen-bond acceptors (Lipinski definition) is 3. The summed E-state index contributed by atoms with van der Waals surface area (Å²) in [5.74, 6) is 1.03. The first-order valence-electron chi connectivity index (χ1n) is 4.42. The fourth-order valence-corrected chi connectivity index (χ4v) is 1.83. The highest BCUT2D eigenvalue weighted by Crippen LogP contribution is 2.17. The molecule has 2 nitrogen and oxygen atoms in total. The molecule has 0 radical (unpaired) electrons. The van der Waals surface area contributed by atoms with E-state index in [1.54, 1.807) is 18.0 Å². The lowest BCUT2D eigenvalue weighted by atomic mass is 10.1. The third-order valence-electron chi connectivity index (χ3n) is 1.81. The van der Waals surface area contributed by atoms with E-state index < -0.39 is 0 Å². The normalized spacial score (nSPS) is 13.2. The van der Waals surface area contributed by atoms with Crippen LogP contribution in [0.5, 0.6) is 0 Å². The SMILES string of the molecule is CC(C)C(O)CSc1ccccn1. The third kappa shape index (κ3) is 3.79. The minimum Gasteiger partial charge on any atom is -0.392 e. The molecule has 72 valence electrons. The molecule has 0 saturated heterocycles. The van der Waals surface area contributed by atoms with Crippen LogP contribution < -0.4 is 0 Å². The lowest BCUT2D eigenvalue weighted by Gasteiger charge is -2.12. The summed E-state index contributed by atoms with van der Waals surface area (Å²) in [5.41, 5.74) is 0. The first-order valence-corrected chi connectivity index (χ1v) is 5.40. The second-order valence-corrected chi connectivity index (χ2v) is 4.33. The fourth-order valence-electron chi connectivity index (χ4n) is 0.796. The molecule has 0 spiro atoms. The van der Waals surface area contributed by atoms with E-state index in [1.807, 2.05) is 32.0 Å². The van der Waals surface area contributed by atoms with Crippen molar-refractivity contribution in [2.45, 2.75) is 25.0 Å². The summed E-state index contributed by atoms with van der Waals surface area (Å²) in [5, 5.41) is 10.5. The topological polar surface area (TPSA) is 33.1 Å². The van der Waals surface area contributed by atoms with Crippen LogP contribution in [0.2, 0.25) is 0 Å². The van der Waals surface area contributed by atoms with Gasteiger partial charge in [-0.25, -0.2) is 4.98 Å². The monoisotopic (exact) mass is 197 g/mol. The second kappa shape index (κ2) is 5.25. The number of thioether (sulfide) groups is 1. The van der Waals surface area contributed by atoms with Crippen LogP contribution in [0, 0.1) is 5.92 Å². The highest BCUT2D eigenvalue weighted by atomic mass is 32.2. The summed E-state index contributed by atoms with van der Waals surface area (Å²) in [6.07, 6.45) is 1.52. The van der Waals surface area contributed by atoms with E-state index >= 15 is 0 Å². The van der Waals surface area contributed by atoms with Gasteiger partial charge in [0.25, 0.3) is 0 Å². The third-order valence-corrected chi connectivity index (χ3v) is 2.85. The average molecular weight is 197 g/mol. The van der Waals surface area contributed by atoms with Crippen molar-refractivity contribution in [3.8, 4) is 0 Å². The van der Waals surface area contributed by atoms with Gasteiger partial charge in [-0.3, -0.25) is 0 Å². The molecule has 1 heterocycles. The lowest BCUT2D eigenvalue weighted by molar-refractivity contribution is 0.149. The van der Waals surface area contributed by atoms with E-state index in [4.69, 9.17) is 0 Å². The molecule has 1 rings (SSSR count). The van der Waals surface area contributed by atoms with Gasteiger partial charge < -0.3 is 5.11 Å². The van der Waals surface area contributed by atoms with Crippen molar-refractivity contribution in [1.82, 2.24) is 4.98 Å². The van der Waals surface area contributed by atoms with E-state index in [0.29, 0.717) is 11.7 Å². The standard InChI is InChI=1S/C10H15NOS/c1-8(2)9(12)7-13-10-5-3-4-6-11-10/h3-6,8-9,12H,7H2,1-2H3. The summed E-state index contributed by atoms with van der Waals surface area (Å²) < 4.78 is 0. The van der Waals surface area contributed by atoms with Crippen LogP contribution in [0.15, 0.2) is 29.4 Å². The molecular weight excluding hydrogens is 182 g/mol. The number of aromatic nitrogens is 1. The molecule has 1 N–H and O–H groups in total. The molecule has 0 aliphatic carbocycles. The molecule has 0 fully saturated rings. The number of nitrogens with zero attached hydrogens (tertiary/aromatic N) is 1. The molecule has 0 aliphatic rings. The van der Waals surface area contributed by atoms with Gasteiger partial charge in [-0.1, -0.05) is 19.9 Å². The van der Waals surface area contributed by atoms with Crippen molar-refractivity contribution in [1.29, 1.82) is 0 Å². The van der Waals surface area contributed by atoms with E-state index in [-0.39, 0.29) is 6.10 Å². The largest absolute Gasteiger partial charge is 0.392 e. The van der Waals surface area contributed by atoms with Crippen molar-refractivity contribution in [3.63, 3.8) is 0 Å². The van der Waals surface area contributed by atoms with Crippen LogP contribution in [0.1, 0.15) is 13.8 Å². The smallest absolute Gasteiger partial charge is 0.0960 e. The van der Waals surface area contributed by atoms with Gasteiger partial charge in [0.2, 0.25) is 0 Å². The zero-order valence-corrected chi connectivity index (χ0v) is 8.79. The summed E-state index contributed by atoms with van der Waals surface area (Å²) in [7, 11) is 0. The predicted molar refractivity (Wildman–Crippen MR) is 55.8 cm³/mol. The lowest BCUT2D eigenvalue weighted by Crippen LogP contribution is -2.17. The van der Waals surface area contributed by atoms with Gasteiger partial charge in [0, 0.05) is 11.9 Å². The van der Waals surface area contributed by atoms with Crippen LogP contribution >= 0.6 is 11.8 Å². The Morgan fingerprint density at radius 3 is 2.77 bits per heavy atom. The van der Waals surface area contributed by atoms with Crippen molar-refractivity contribution < 1.29 is 5.11 Å². The Labute approximate surface area is 83.4 Å². The Bertz CT molecular complexity index is 238. The Morgan fingerprint density at radius 1 is 1.46 bits per heavy atom. The molecule has 3 heteroatoms. The van der Waals surface area contributed by atoms with Crippen molar-refractivity contribution >= 4 is 11.8 Å². The van der Waals surface area contributed by atoms with Gasteiger partial charge in [0.1, 0.15) is 0 Å². The van der Waals surface area contributed by atoms with Crippen molar-refractivity contribution in [3.05, 3.63) is 24.4 Å². The summed E-state index contributed by atoms with van der Waals surface area (Å²) in [6.45, 7) is 4.04.